The van der Waals surface area contributed by atoms with E-state index in [1.54, 1.807) is 17.0 Å². The van der Waals surface area contributed by atoms with E-state index in [0.29, 0.717) is 24.9 Å². The molecule has 0 aliphatic carbocycles. The first-order valence-electron chi connectivity index (χ1n) is 11.7. The molecule has 0 saturated carbocycles. The molecule has 2 heterocycles. The Bertz CT molecular complexity index is 1220. The van der Waals surface area contributed by atoms with Gasteiger partial charge in [0.05, 0.1) is 5.56 Å². The van der Waals surface area contributed by atoms with Gasteiger partial charge < -0.3 is 20.2 Å². The van der Waals surface area contributed by atoms with Crippen LogP contribution in [0.5, 0.6) is 5.75 Å². The van der Waals surface area contributed by atoms with E-state index < -0.39 is 6.04 Å². The number of carbonyl (C=O) groups excluding carboxylic acids is 2. The van der Waals surface area contributed by atoms with Crippen molar-refractivity contribution < 1.29 is 14.7 Å². The Kier molecular flexibility index (Phi) is 5.67. The minimum atomic E-state index is -0.521. The van der Waals surface area contributed by atoms with E-state index in [1.165, 1.54) is 11.3 Å². The van der Waals surface area contributed by atoms with Crippen molar-refractivity contribution in [2.24, 2.45) is 0 Å². The lowest BCUT2D eigenvalue weighted by atomic mass is 9.99. The normalized spacial score (nSPS) is 17.8. The number of nitrogens with zero attached hydrogens (tertiary/aromatic N) is 2. The molecule has 3 aromatic carbocycles. The minimum Gasteiger partial charge on any atom is -0.506 e. The van der Waals surface area contributed by atoms with E-state index in [4.69, 9.17) is 0 Å². The molecule has 0 radical (unpaired) electrons. The number of hydrogen-bond donors (Lipinski definition) is 2. The van der Waals surface area contributed by atoms with Gasteiger partial charge in [-0.25, -0.2) is 0 Å². The molecule has 0 aromatic heterocycles. The maximum absolute atomic E-state index is 13.3. The van der Waals surface area contributed by atoms with Gasteiger partial charge in [-0.1, -0.05) is 42.5 Å². The highest BCUT2D eigenvalue weighted by Crippen LogP contribution is 2.31. The molecule has 2 amide bonds. The van der Waals surface area contributed by atoms with Crippen LogP contribution in [0.25, 0.3) is 10.8 Å². The number of carbonyl (C=O) groups is 2. The van der Waals surface area contributed by atoms with Crippen LogP contribution < -0.4 is 10.2 Å². The number of amides is 2. The number of hydrogen-bond acceptors (Lipinski definition) is 4. The third-order valence-electron chi connectivity index (χ3n) is 6.91. The Morgan fingerprint density at radius 3 is 2.79 bits per heavy atom. The summed E-state index contributed by atoms with van der Waals surface area (Å²) in [6.45, 7) is 2.02. The maximum atomic E-state index is 13.3. The van der Waals surface area contributed by atoms with Gasteiger partial charge in [0.25, 0.3) is 5.91 Å². The van der Waals surface area contributed by atoms with E-state index in [-0.39, 0.29) is 23.1 Å². The van der Waals surface area contributed by atoms with Crippen LogP contribution in [0, 0.1) is 0 Å². The van der Waals surface area contributed by atoms with Crippen molar-refractivity contribution in [3.63, 3.8) is 0 Å². The minimum absolute atomic E-state index is 0.0248. The Balaban J connectivity index is 1.29. The summed E-state index contributed by atoms with van der Waals surface area (Å²) >= 11 is 0. The molecule has 6 heteroatoms. The first-order chi connectivity index (χ1) is 16.0. The molecular weight excluding hydrogens is 414 g/mol. The molecule has 0 spiro atoms. The first kappa shape index (κ1) is 21.3. The summed E-state index contributed by atoms with van der Waals surface area (Å²) in [5, 5.41) is 15.3. The summed E-state index contributed by atoms with van der Waals surface area (Å²) in [5.41, 5.74) is 3.90. The Hall–Kier alpha value is -3.54. The van der Waals surface area contributed by atoms with Gasteiger partial charge in [0, 0.05) is 37.8 Å². The molecule has 1 unspecified atom stereocenters. The van der Waals surface area contributed by atoms with Crippen molar-refractivity contribution in [2.75, 3.05) is 25.0 Å². The lowest BCUT2D eigenvalue weighted by molar-refractivity contribution is -0.125. The molecule has 33 heavy (non-hydrogen) atoms. The second kappa shape index (κ2) is 8.77. The fourth-order valence-electron chi connectivity index (χ4n) is 5.12. The van der Waals surface area contributed by atoms with Crippen LogP contribution in [0.3, 0.4) is 0 Å². The summed E-state index contributed by atoms with van der Waals surface area (Å²) in [4.78, 5) is 30.2. The molecule has 1 atom stereocenters. The topological polar surface area (TPSA) is 72.9 Å². The standard InChI is InChI=1S/C27H29N3O3/c1-29-14-4-7-20-16-18(10-13-23(20)29)17-28-26(32)24-9-5-15-30(24)27(33)22-12-11-19-6-2-3-8-21(19)25(22)31/h2-3,6,8,10-13,16,24,31H,4-5,7,9,14-15,17H2,1H3,(H,28,32). The number of aryl methyl sites for hydroxylation is 1. The van der Waals surface area contributed by atoms with Crippen molar-refractivity contribution >= 4 is 28.3 Å². The van der Waals surface area contributed by atoms with Gasteiger partial charge in [-0.05, 0) is 54.3 Å². The fraction of sp³-hybridized carbons (Fsp3) is 0.333. The molecule has 2 aliphatic heterocycles. The zero-order valence-corrected chi connectivity index (χ0v) is 18.9. The number of likely N-dealkylation sites (tertiary alicyclic amines) is 1. The highest BCUT2D eigenvalue weighted by Gasteiger charge is 2.35. The second-order valence-corrected chi connectivity index (χ2v) is 9.05. The van der Waals surface area contributed by atoms with E-state index in [2.05, 4.69) is 35.5 Å². The highest BCUT2D eigenvalue weighted by molar-refractivity contribution is 6.05. The molecule has 1 saturated heterocycles. The molecule has 0 bridgehead atoms. The molecule has 5 rings (SSSR count). The number of nitrogens with one attached hydrogen (secondary N) is 1. The lowest BCUT2D eigenvalue weighted by Gasteiger charge is -2.28. The zero-order valence-electron chi connectivity index (χ0n) is 18.9. The number of phenols is 1. The quantitative estimate of drug-likeness (QED) is 0.643. The maximum Gasteiger partial charge on any atom is 0.258 e. The molecule has 2 aliphatic rings. The molecule has 170 valence electrons. The molecule has 3 aromatic rings. The number of anilines is 1. The zero-order chi connectivity index (χ0) is 22.9. The van der Waals surface area contributed by atoms with Crippen molar-refractivity contribution in [1.29, 1.82) is 0 Å². The van der Waals surface area contributed by atoms with Crippen molar-refractivity contribution in [3.05, 3.63) is 71.3 Å². The van der Waals surface area contributed by atoms with Crippen molar-refractivity contribution in [1.82, 2.24) is 10.2 Å². The Labute approximate surface area is 193 Å². The fourth-order valence-corrected chi connectivity index (χ4v) is 5.12. The first-order valence-corrected chi connectivity index (χ1v) is 11.7. The number of rotatable bonds is 4. The predicted octanol–water partition coefficient (Wildman–Crippen LogP) is 3.85. The largest absolute Gasteiger partial charge is 0.506 e. The Morgan fingerprint density at radius 1 is 1.06 bits per heavy atom. The van der Waals surface area contributed by atoms with Crippen LogP contribution in [-0.4, -0.2) is 48.0 Å². The van der Waals surface area contributed by atoms with Crippen LogP contribution in [0.1, 0.15) is 40.7 Å². The van der Waals surface area contributed by atoms with Crippen LogP contribution in [-0.2, 0) is 17.8 Å². The van der Waals surface area contributed by atoms with Crippen molar-refractivity contribution in [3.8, 4) is 5.75 Å². The number of aromatic hydroxyl groups is 1. The third-order valence-corrected chi connectivity index (χ3v) is 6.91. The summed E-state index contributed by atoms with van der Waals surface area (Å²) in [5.74, 6) is -0.466. The monoisotopic (exact) mass is 443 g/mol. The van der Waals surface area contributed by atoms with Gasteiger partial charge in [0.15, 0.2) is 0 Å². The van der Waals surface area contributed by atoms with Crippen LogP contribution in [0.15, 0.2) is 54.6 Å². The summed E-state index contributed by atoms with van der Waals surface area (Å²) in [6, 6.07) is 16.8. The van der Waals surface area contributed by atoms with Crippen LogP contribution in [0.4, 0.5) is 5.69 Å². The SMILES string of the molecule is CN1CCCc2cc(CNC(=O)C3CCCN3C(=O)c3ccc4ccccc4c3O)ccc21. The average molecular weight is 444 g/mol. The predicted molar refractivity (Wildman–Crippen MR) is 130 cm³/mol. The van der Waals surface area contributed by atoms with Gasteiger partial charge in [-0.3, -0.25) is 9.59 Å². The van der Waals surface area contributed by atoms with Gasteiger partial charge in [-0.2, -0.15) is 0 Å². The average Bonchev–Trinajstić information content (AvgIpc) is 3.33. The van der Waals surface area contributed by atoms with E-state index in [9.17, 15) is 14.7 Å². The molecule has 6 nitrogen and oxygen atoms in total. The van der Waals surface area contributed by atoms with E-state index >= 15 is 0 Å². The smallest absolute Gasteiger partial charge is 0.258 e. The van der Waals surface area contributed by atoms with Crippen molar-refractivity contribution in [2.45, 2.75) is 38.3 Å². The van der Waals surface area contributed by atoms with Crippen LogP contribution in [0.2, 0.25) is 0 Å². The van der Waals surface area contributed by atoms with Gasteiger partial charge in [0.2, 0.25) is 5.91 Å². The van der Waals surface area contributed by atoms with Gasteiger partial charge >= 0.3 is 0 Å². The third kappa shape index (κ3) is 4.01. The summed E-state index contributed by atoms with van der Waals surface area (Å²) < 4.78 is 0. The summed E-state index contributed by atoms with van der Waals surface area (Å²) in [7, 11) is 2.11. The number of fused-ring (bicyclic) bond motifs is 2. The number of benzene rings is 3. The summed E-state index contributed by atoms with van der Waals surface area (Å²) in [6.07, 6.45) is 3.59. The molecule has 1 fully saturated rings. The van der Waals surface area contributed by atoms with E-state index in [0.717, 1.165) is 36.8 Å². The number of phenolic OH excluding ortho intramolecular Hbond substituents is 1. The van der Waals surface area contributed by atoms with E-state index in [1.807, 2.05) is 24.3 Å². The second-order valence-electron chi connectivity index (χ2n) is 9.05. The molecular formula is C27H29N3O3. The molecule has 2 N–H and O–H groups in total. The van der Waals surface area contributed by atoms with Gasteiger partial charge in [-0.15, -0.1) is 0 Å². The van der Waals surface area contributed by atoms with Crippen LogP contribution >= 0.6 is 0 Å². The highest BCUT2D eigenvalue weighted by atomic mass is 16.3. The van der Waals surface area contributed by atoms with Gasteiger partial charge in [0.1, 0.15) is 11.8 Å². The Morgan fingerprint density at radius 2 is 1.91 bits per heavy atom. The lowest BCUT2D eigenvalue weighted by Crippen LogP contribution is -2.45.